The summed E-state index contributed by atoms with van der Waals surface area (Å²) in [6, 6.07) is -0.680. The number of halogens is 3. The third-order valence-corrected chi connectivity index (χ3v) is 3.27. The molecule has 2 N–H and O–H groups in total. The van der Waals surface area contributed by atoms with E-state index in [1.807, 2.05) is 6.92 Å². The summed E-state index contributed by atoms with van der Waals surface area (Å²) in [4.78, 5) is 12.8. The molecular formula is C11H15F3N4O2. The fourth-order valence-electron chi connectivity index (χ4n) is 2.00. The predicted molar refractivity (Wildman–Crippen MR) is 64.1 cm³/mol. The number of anilines is 1. The van der Waals surface area contributed by atoms with Gasteiger partial charge in [0, 0.05) is 25.7 Å². The van der Waals surface area contributed by atoms with Gasteiger partial charge in [-0.15, -0.1) is 0 Å². The quantitative estimate of drug-likeness (QED) is 0.866. The number of β-amino-alcohol motifs (C(OH)–C–C–N with tert-alkyl or cyclic N) is 1. The van der Waals surface area contributed by atoms with Crippen molar-refractivity contribution in [3.8, 4) is 0 Å². The number of carbonyl (C=O) groups excluding carboxylic acids is 1. The number of urea groups is 1. The van der Waals surface area contributed by atoms with E-state index in [2.05, 4.69) is 10.4 Å². The molecule has 9 heteroatoms. The van der Waals surface area contributed by atoms with Crippen molar-refractivity contribution < 1.29 is 23.1 Å². The molecule has 0 saturated carbocycles. The van der Waals surface area contributed by atoms with Crippen LogP contribution in [0.2, 0.25) is 0 Å². The number of rotatable bonds is 2. The van der Waals surface area contributed by atoms with Gasteiger partial charge in [0.25, 0.3) is 0 Å². The number of carbonyl (C=O) groups is 1. The van der Waals surface area contributed by atoms with Crippen LogP contribution in [-0.4, -0.2) is 50.7 Å². The van der Waals surface area contributed by atoms with Gasteiger partial charge in [-0.05, 0) is 6.92 Å². The maximum atomic E-state index is 12.6. The number of alkyl halides is 3. The molecule has 0 spiro atoms. The van der Waals surface area contributed by atoms with Crippen molar-refractivity contribution in [3.05, 3.63) is 12.4 Å². The Hall–Kier alpha value is -1.77. The van der Waals surface area contributed by atoms with Crippen molar-refractivity contribution in [2.45, 2.75) is 31.7 Å². The van der Waals surface area contributed by atoms with Crippen molar-refractivity contribution >= 4 is 11.7 Å². The molecule has 1 aromatic rings. The fraction of sp³-hybridized carbons (Fsp3) is 0.636. The molecule has 112 valence electrons. The number of hydrogen-bond acceptors (Lipinski definition) is 3. The average molecular weight is 292 g/mol. The normalized spacial score (nSPS) is 23.1. The third kappa shape index (κ3) is 2.72. The SMILES string of the molecule is CCn1cc(NC(=O)N2CCC(O)(C(F)(F)F)C2)cn1. The monoisotopic (exact) mass is 292 g/mol. The predicted octanol–water partition coefficient (Wildman–Crippen LogP) is 1.43. The maximum Gasteiger partial charge on any atom is 0.419 e. The van der Waals surface area contributed by atoms with Gasteiger partial charge >= 0.3 is 12.2 Å². The van der Waals surface area contributed by atoms with E-state index in [1.165, 1.54) is 6.20 Å². The summed E-state index contributed by atoms with van der Waals surface area (Å²) >= 11 is 0. The number of amides is 2. The highest BCUT2D eigenvalue weighted by atomic mass is 19.4. The zero-order chi connectivity index (χ0) is 15.0. The molecule has 2 heterocycles. The molecule has 2 amide bonds. The van der Waals surface area contributed by atoms with E-state index in [0.717, 1.165) is 4.90 Å². The molecule has 0 aromatic carbocycles. The van der Waals surface area contributed by atoms with Crippen molar-refractivity contribution in [3.63, 3.8) is 0 Å². The topological polar surface area (TPSA) is 70.4 Å². The Morgan fingerprint density at radius 3 is 2.80 bits per heavy atom. The van der Waals surface area contributed by atoms with Crippen molar-refractivity contribution in [2.24, 2.45) is 0 Å². The van der Waals surface area contributed by atoms with E-state index in [0.29, 0.717) is 12.2 Å². The van der Waals surface area contributed by atoms with E-state index in [1.54, 1.807) is 10.9 Å². The summed E-state index contributed by atoms with van der Waals surface area (Å²) in [5.41, 5.74) is -2.42. The smallest absolute Gasteiger partial charge is 0.379 e. The number of aryl methyl sites for hydroxylation is 1. The lowest BCUT2D eigenvalue weighted by atomic mass is 10.0. The molecule has 20 heavy (non-hydrogen) atoms. The Kier molecular flexibility index (Phi) is 3.63. The van der Waals surface area contributed by atoms with Gasteiger partial charge in [0.15, 0.2) is 5.60 Å². The van der Waals surface area contributed by atoms with Crippen LogP contribution in [0.25, 0.3) is 0 Å². The Morgan fingerprint density at radius 2 is 2.30 bits per heavy atom. The summed E-state index contributed by atoms with van der Waals surface area (Å²) in [6.45, 7) is 1.57. The first kappa shape index (κ1) is 14.6. The van der Waals surface area contributed by atoms with Crippen LogP contribution in [0.15, 0.2) is 12.4 Å². The third-order valence-electron chi connectivity index (χ3n) is 3.27. The lowest BCUT2D eigenvalue weighted by Gasteiger charge is -2.25. The Morgan fingerprint density at radius 1 is 1.60 bits per heavy atom. The molecule has 1 unspecified atom stereocenters. The number of hydrogen-bond donors (Lipinski definition) is 2. The van der Waals surface area contributed by atoms with Gasteiger partial charge in [-0.25, -0.2) is 4.79 Å². The number of aromatic nitrogens is 2. The molecule has 0 bridgehead atoms. The number of aliphatic hydroxyl groups is 1. The van der Waals surface area contributed by atoms with E-state index in [-0.39, 0.29) is 6.54 Å². The molecule has 1 atom stereocenters. The standard InChI is InChI=1S/C11H15F3N4O2/c1-2-18-6-8(5-15-18)16-9(19)17-4-3-10(20,7-17)11(12,13)14/h5-6,20H,2-4,7H2,1H3,(H,16,19). The van der Waals surface area contributed by atoms with Gasteiger partial charge < -0.3 is 15.3 Å². The van der Waals surface area contributed by atoms with Crippen LogP contribution in [0.5, 0.6) is 0 Å². The highest BCUT2D eigenvalue weighted by Crippen LogP contribution is 2.37. The first-order valence-electron chi connectivity index (χ1n) is 6.12. The van der Waals surface area contributed by atoms with Crippen molar-refractivity contribution in [1.29, 1.82) is 0 Å². The zero-order valence-electron chi connectivity index (χ0n) is 10.8. The van der Waals surface area contributed by atoms with Crippen LogP contribution in [-0.2, 0) is 6.54 Å². The molecule has 6 nitrogen and oxygen atoms in total. The Balaban J connectivity index is 1.98. The van der Waals surface area contributed by atoms with E-state index < -0.39 is 30.8 Å². The van der Waals surface area contributed by atoms with E-state index >= 15 is 0 Å². The van der Waals surface area contributed by atoms with Crippen LogP contribution in [0, 0.1) is 0 Å². The molecule has 2 rings (SSSR count). The van der Waals surface area contributed by atoms with Gasteiger partial charge in [-0.3, -0.25) is 4.68 Å². The minimum absolute atomic E-state index is 0.149. The van der Waals surface area contributed by atoms with Crippen molar-refractivity contribution in [2.75, 3.05) is 18.4 Å². The largest absolute Gasteiger partial charge is 0.419 e. The minimum Gasteiger partial charge on any atom is -0.379 e. The van der Waals surface area contributed by atoms with Crippen LogP contribution in [0.4, 0.5) is 23.7 Å². The van der Waals surface area contributed by atoms with Gasteiger partial charge in [0.2, 0.25) is 0 Å². The average Bonchev–Trinajstić information content (AvgIpc) is 2.95. The lowest BCUT2D eigenvalue weighted by molar-refractivity contribution is -0.253. The highest BCUT2D eigenvalue weighted by molar-refractivity contribution is 5.89. The van der Waals surface area contributed by atoms with E-state index in [4.69, 9.17) is 0 Å². The van der Waals surface area contributed by atoms with Gasteiger partial charge in [-0.1, -0.05) is 0 Å². The second-order valence-corrected chi connectivity index (χ2v) is 4.72. The van der Waals surface area contributed by atoms with Gasteiger partial charge in [0.05, 0.1) is 18.4 Å². The molecule has 1 aliphatic rings. The summed E-state index contributed by atoms with van der Waals surface area (Å²) in [5.74, 6) is 0. The lowest BCUT2D eigenvalue weighted by Crippen LogP contribution is -2.48. The number of nitrogens with one attached hydrogen (secondary N) is 1. The maximum absolute atomic E-state index is 12.6. The Bertz CT molecular complexity index is 502. The summed E-state index contributed by atoms with van der Waals surface area (Å²) in [5, 5.41) is 15.9. The first-order valence-corrected chi connectivity index (χ1v) is 6.12. The molecule has 1 saturated heterocycles. The van der Waals surface area contributed by atoms with Crippen molar-refractivity contribution in [1.82, 2.24) is 14.7 Å². The molecule has 1 aromatic heterocycles. The fourth-order valence-corrected chi connectivity index (χ4v) is 2.00. The second-order valence-electron chi connectivity index (χ2n) is 4.72. The summed E-state index contributed by atoms with van der Waals surface area (Å²) in [7, 11) is 0. The van der Waals surface area contributed by atoms with Crippen LogP contribution >= 0.6 is 0 Å². The first-order chi connectivity index (χ1) is 9.25. The van der Waals surface area contributed by atoms with Gasteiger partial charge in [-0.2, -0.15) is 18.3 Å². The van der Waals surface area contributed by atoms with Crippen LogP contribution in [0.1, 0.15) is 13.3 Å². The molecule has 1 fully saturated rings. The molecule has 0 radical (unpaired) electrons. The van der Waals surface area contributed by atoms with E-state index in [9.17, 15) is 23.1 Å². The minimum atomic E-state index is -4.74. The molecule has 1 aliphatic heterocycles. The molecular weight excluding hydrogens is 277 g/mol. The number of nitrogens with zero attached hydrogens (tertiary/aromatic N) is 3. The van der Waals surface area contributed by atoms with Crippen LogP contribution in [0.3, 0.4) is 0 Å². The molecule has 0 aliphatic carbocycles. The Labute approximate surface area is 113 Å². The highest BCUT2D eigenvalue weighted by Gasteiger charge is 2.57. The summed E-state index contributed by atoms with van der Waals surface area (Å²) in [6.07, 6.45) is -2.27. The van der Waals surface area contributed by atoms with Gasteiger partial charge in [0.1, 0.15) is 0 Å². The summed E-state index contributed by atoms with van der Waals surface area (Å²) < 4.78 is 39.5. The van der Waals surface area contributed by atoms with Crippen LogP contribution < -0.4 is 5.32 Å². The number of likely N-dealkylation sites (tertiary alicyclic amines) is 1. The zero-order valence-corrected chi connectivity index (χ0v) is 10.8. The second kappa shape index (κ2) is 4.97.